The second kappa shape index (κ2) is 51.2. The van der Waals surface area contributed by atoms with Crippen molar-refractivity contribution in [2.75, 3.05) is 13.2 Å². The zero-order valence-corrected chi connectivity index (χ0v) is 47.5. The van der Waals surface area contributed by atoms with Crippen molar-refractivity contribution in [2.24, 2.45) is 0 Å². The van der Waals surface area contributed by atoms with Crippen molar-refractivity contribution in [3.63, 3.8) is 0 Å². The minimum Gasteiger partial charge on any atom is -0.479 e. The number of esters is 3. The molecule has 0 aromatic carbocycles. The summed E-state index contributed by atoms with van der Waals surface area (Å²) in [7, 11) is 0. The quantitative estimate of drug-likeness (QED) is 0.0228. The van der Waals surface area contributed by atoms with Gasteiger partial charge in [-0.25, -0.2) is 4.79 Å². The summed E-state index contributed by atoms with van der Waals surface area (Å²) in [6, 6.07) is 0. The number of unbranched alkanes of at least 4 members (excludes halogenated alkanes) is 27. The van der Waals surface area contributed by atoms with Gasteiger partial charge in [-0.15, -0.1) is 0 Å². The maximum atomic E-state index is 13.1. The summed E-state index contributed by atoms with van der Waals surface area (Å²) in [6.45, 7) is 5.84. The first-order valence-corrected chi connectivity index (χ1v) is 30.3. The van der Waals surface area contributed by atoms with Crippen LogP contribution in [0.25, 0.3) is 0 Å². The molecule has 1 heterocycles. The predicted molar refractivity (Wildman–Crippen MR) is 303 cm³/mol. The lowest BCUT2D eigenvalue weighted by Crippen LogP contribution is -2.61. The monoisotopic (exact) mass is 1060 g/mol. The number of carbonyl (C=O) groups excluding carboxylic acids is 3. The number of hydrogen-bond donors (Lipinski definition) is 3. The average molecular weight is 1060 g/mol. The van der Waals surface area contributed by atoms with Gasteiger partial charge in [-0.1, -0.05) is 210 Å². The molecule has 3 N–H and O–H groups in total. The van der Waals surface area contributed by atoms with Crippen LogP contribution in [0.5, 0.6) is 0 Å². The summed E-state index contributed by atoms with van der Waals surface area (Å²) in [5.41, 5.74) is 0. The van der Waals surface area contributed by atoms with Gasteiger partial charge in [0.1, 0.15) is 18.8 Å². The molecule has 0 saturated carbocycles. The number of carbonyl (C=O) groups is 4. The van der Waals surface area contributed by atoms with E-state index in [0.29, 0.717) is 19.3 Å². The largest absolute Gasteiger partial charge is 0.479 e. The zero-order valence-electron chi connectivity index (χ0n) is 47.5. The molecule has 1 saturated heterocycles. The van der Waals surface area contributed by atoms with Gasteiger partial charge in [-0.05, 0) is 96.3 Å². The number of carboxylic acids is 1. The number of hydrogen-bond acceptors (Lipinski definition) is 11. The number of rotatable bonds is 51. The first-order valence-electron chi connectivity index (χ1n) is 30.3. The lowest BCUT2D eigenvalue weighted by molar-refractivity contribution is -0.301. The fourth-order valence-electron chi connectivity index (χ4n) is 8.89. The topological polar surface area (TPSA) is 175 Å². The van der Waals surface area contributed by atoms with Gasteiger partial charge in [-0.2, -0.15) is 0 Å². The lowest BCUT2D eigenvalue weighted by Gasteiger charge is -2.40. The van der Waals surface area contributed by atoms with Crippen molar-refractivity contribution in [1.29, 1.82) is 0 Å². The number of aliphatic carboxylic acids is 1. The second-order valence-corrected chi connectivity index (χ2v) is 20.6. The molecule has 1 fully saturated rings. The first-order chi connectivity index (χ1) is 36.6. The summed E-state index contributed by atoms with van der Waals surface area (Å²) in [5.74, 6) is -3.14. The molecular weight excluding hydrogens is 949 g/mol. The van der Waals surface area contributed by atoms with E-state index in [1.54, 1.807) is 0 Å². The number of aliphatic hydroxyl groups is 2. The van der Waals surface area contributed by atoms with E-state index in [1.807, 2.05) is 0 Å². The van der Waals surface area contributed by atoms with E-state index in [1.165, 1.54) is 77.0 Å². The highest BCUT2D eigenvalue weighted by molar-refractivity contribution is 5.74. The summed E-state index contributed by atoms with van der Waals surface area (Å²) >= 11 is 0. The Bertz CT molecular complexity index is 1540. The van der Waals surface area contributed by atoms with Crippen molar-refractivity contribution in [1.82, 2.24) is 0 Å². The van der Waals surface area contributed by atoms with Crippen LogP contribution in [0.2, 0.25) is 0 Å². The summed E-state index contributed by atoms with van der Waals surface area (Å²) in [5, 5.41) is 31.5. The van der Waals surface area contributed by atoms with Crippen LogP contribution < -0.4 is 0 Å². The zero-order chi connectivity index (χ0) is 54.7. The Hall–Kier alpha value is -3.58. The van der Waals surface area contributed by atoms with E-state index >= 15 is 0 Å². The maximum absolute atomic E-state index is 13.1. The molecule has 1 aliphatic rings. The molecule has 0 bridgehead atoms. The Morgan fingerprint density at radius 2 is 0.853 bits per heavy atom. The molecule has 0 aromatic heterocycles. The summed E-state index contributed by atoms with van der Waals surface area (Å²) in [6.07, 6.45) is 50.5. The molecule has 1 rings (SSSR count). The van der Waals surface area contributed by atoms with E-state index in [0.717, 1.165) is 128 Å². The average Bonchev–Trinajstić information content (AvgIpc) is 3.39. The number of allylic oxidation sites excluding steroid dienone is 10. The third kappa shape index (κ3) is 41.2. The fourth-order valence-corrected chi connectivity index (χ4v) is 8.89. The van der Waals surface area contributed by atoms with E-state index in [4.69, 9.17) is 23.7 Å². The van der Waals surface area contributed by atoms with Gasteiger partial charge in [0.25, 0.3) is 0 Å². The Balaban J connectivity index is 2.66. The van der Waals surface area contributed by atoms with E-state index in [9.17, 15) is 34.5 Å². The molecule has 432 valence electrons. The smallest absolute Gasteiger partial charge is 0.335 e. The number of carboxylic acid groups (broad SMARTS) is 1. The van der Waals surface area contributed by atoms with Gasteiger partial charge in [0.15, 0.2) is 24.6 Å². The summed E-state index contributed by atoms with van der Waals surface area (Å²) < 4.78 is 28.4. The molecule has 0 aromatic rings. The molecule has 0 amide bonds. The molecule has 75 heavy (non-hydrogen) atoms. The molecule has 0 radical (unpaired) electrons. The highest BCUT2D eigenvalue weighted by atomic mass is 16.7. The van der Waals surface area contributed by atoms with Gasteiger partial charge in [0.05, 0.1) is 6.61 Å². The van der Waals surface area contributed by atoms with Crippen LogP contribution in [0.3, 0.4) is 0 Å². The van der Waals surface area contributed by atoms with Crippen molar-refractivity contribution in [3.05, 3.63) is 60.8 Å². The molecule has 1 aliphatic heterocycles. The minimum absolute atomic E-state index is 0.0477. The standard InChI is InChI=1S/C63H108O12/c1-4-7-10-13-16-19-22-24-26-28-30-32-35-37-40-43-46-49-55(64)71-52-54(73-56(65)50-47-44-41-38-34-21-18-15-12-9-6-3)53-72-63-61(59(68)58(67)60(75-63)62(69)70)74-57(66)51-48-45-42-39-36-33-31-29-27-25-23-20-17-14-11-8-5-2/h8,11,15,17-18,20,24-27,54,58-61,63,67-68H,4-7,9-10,12-14,16,19,21-23,28-53H2,1-3H3,(H,69,70)/b11-8-,18-15-,20-17-,26-24-,27-25-. The normalized spacial score (nSPS) is 18.5. The lowest BCUT2D eigenvalue weighted by atomic mass is 9.98. The van der Waals surface area contributed by atoms with Crippen LogP contribution in [0.1, 0.15) is 265 Å². The van der Waals surface area contributed by atoms with Gasteiger partial charge >= 0.3 is 23.9 Å². The van der Waals surface area contributed by atoms with Gasteiger partial charge in [0, 0.05) is 19.3 Å². The Labute approximate surface area is 456 Å². The Morgan fingerprint density at radius 1 is 0.453 bits per heavy atom. The van der Waals surface area contributed by atoms with Crippen LogP contribution in [0.4, 0.5) is 0 Å². The highest BCUT2D eigenvalue weighted by Gasteiger charge is 2.50. The van der Waals surface area contributed by atoms with Gasteiger partial charge < -0.3 is 39.0 Å². The maximum Gasteiger partial charge on any atom is 0.335 e. The van der Waals surface area contributed by atoms with Crippen molar-refractivity contribution in [2.45, 2.75) is 302 Å². The highest BCUT2D eigenvalue weighted by Crippen LogP contribution is 2.26. The first kappa shape index (κ1) is 69.4. The summed E-state index contributed by atoms with van der Waals surface area (Å²) in [4.78, 5) is 51.1. The molecule has 0 aliphatic carbocycles. The molecule has 0 spiro atoms. The Kier molecular flexibility index (Phi) is 47.4. The van der Waals surface area contributed by atoms with Gasteiger partial charge in [-0.3, -0.25) is 14.4 Å². The minimum atomic E-state index is -1.91. The second-order valence-electron chi connectivity index (χ2n) is 20.6. The van der Waals surface area contributed by atoms with Crippen LogP contribution in [-0.2, 0) is 42.9 Å². The molecule has 6 unspecified atom stereocenters. The van der Waals surface area contributed by atoms with Crippen LogP contribution in [0.15, 0.2) is 60.8 Å². The van der Waals surface area contributed by atoms with Gasteiger partial charge in [0.2, 0.25) is 0 Å². The van der Waals surface area contributed by atoms with Crippen LogP contribution >= 0.6 is 0 Å². The van der Waals surface area contributed by atoms with E-state index in [-0.39, 0.29) is 25.9 Å². The van der Waals surface area contributed by atoms with Crippen molar-refractivity contribution in [3.8, 4) is 0 Å². The SMILES string of the molecule is CC/C=C\C/C=C\C/C=C\CCCCCCCCCC(=O)OC1C(OCC(COC(=O)CCCCCCCCC/C=C\CCCCCCCC)OC(=O)CCCCCCC/C=C\CCCC)OC(C(=O)O)C(O)C1O. The molecule has 6 atom stereocenters. The number of aliphatic hydroxyl groups excluding tert-OH is 2. The van der Waals surface area contributed by atoms with Crippen LogP contribution in [0, 0.1) is 0 Å². The third-order valence-corrected chi connectivity index (χ3v) is 13.5. The molecule has 12 nitrogen and oxygen atoms in total. The van der Waals surface area contributed by atoms with E-state index < -0.39 is 67.3 Å². The molecule has 12 heteroatoms. The number of ether oxygens (including phenoxy) is 5. The van der Waals surface area contributed by atoms with Crippen molar-refractivity contribution >= 4 is 23.9 Å². The van der Waals surface area contributed by atoms with Crippen molar-refractivity contribution < 1.29 is 58.2 Å². The Morgan fingerprint density at radius 3 is 1.33 bits per heavy atom. The van der Waals surface area contributed by atoms with E-state index in [2.05, 4.69) is 81.5 Å². The van der Waals surface area contributed by atoms with Crippen LogP contribution in [-0.4, -0.2) is 89.2 Å². The molecular formula is C63H108O12. The fraction of sp³-hybridized carbons (Fsp3) is 0.778. The third-order valence-electron chi connectivity index (χ3n) is 13.5. The predicted octanol–water partition coefficient (Wildman–Crippen LogP) is 15.6.